The minimum Gasteiger partial charge on any atom is -0.478 e. The lowest BCUT2D eigenvalue weighted by atomic mass is 10.1. The lowest BCUT2D eigenvalue weighted by Gasteiger charge is -2.41. The van der Waals surface area contributed by atoms with E-state index in [9.17, 15) is 22.8 Å². The van der Waals surface area contributed by atoms with Gasteiger partial charge in [0.1, 0.15) is 0 Å². The summed E-state index contributed by atoms with van der Waals surface area (Å²) in [6, 6.07) is 1.17. The van der Waals surface area contributed by atoms with Crippen LogP contribution >= 0.6 is 0 Å². The summed E-state index contributed by atoms with van der Waals surface area (Å²) in [6.07, 6.45) is -4.86. The summed E-state index contributed by atoms with van der Waals surface area (Å²) in [5.74, 6) is -2.93. The second-order valence-electron chi connectivity index (χ2n) is 4.82. The molecule has 110 valence electrons. The van der Waals surface area contributed by atoms with Gasteiger partial charge in [0.25, 0.3) is 0 Å². The van der Waals surface area contributed by atoms with E-state index in [4.69, 9.17) is 5.11 Å². The number of halogens is 3. The van der Waals surface area contributed by atoms with Crippen molar-refractivity contribution in [2.75, 3.05) is 13.1 Å². The molecule has 1 N–H and O–H groups in total. The normalized spacial score (nSPS) is 16.1. The molecule has 1 aromatic rings. The van der Waals surface area contributed by atoms with Crippen LogP contribution in [-0.4, -0.2) is 45.7 Å². The smallest absolute Gasteiger partial charge is 0.471 e. The van der Waals surface area contributed by atoms with Crippen LogP contribution in [0.5, 0.6) is 0 Å². The number of nitrogens with zero attached hydrogens (tertiary/aromatic N) is 2. The molecular weight excluding hydrogens is 277 g/mol. The molecule has 20 heavy (non-hydrogen) atoms. The van der Waals surface area contributed by atoms with E-state index < -0.39 is 18.1 Å². The van der Waals surface area contributed by atoms with Crippen molar-refractivity contribution in [2.45, 2.75) is 26.1 Å². The van der Waals surface area contributed by atoms with Crippen molar-refractivity contribution in [1.29, 1.82) is 0 Å². The fraction of sp³-hybridized carbons (Fsp3) is 0.500. The molecule has 0 unspecified atom stereocenters. The summed E-state index contributed by atoms with van der Waals surface area (Å²) in [4.78, 5) is 22.7. The standard InChI is InChI=1S/C12H13F3N2O3/c1-6-3-9(10(18)19)7(2)17(6)8-4-16(5-8)11(20)12(13,14)15/h3,8H,4-5H2,1-2H3,(H,18,19). The highest BCUT2D eigenvalue weighted by atomic mass is 19.4. The molecule has 0 aliphatic carbocycles. The van der Waals surface area contributed by atoms with Gasteiger partial charge in [-0.1, -0.05) is 0 Å². The van der Waals surface area contributed by atoms with Crippen LogP contribution < -0.4 is 0 Å². The number of carbonyl (C=O) groups excluding carboxylic acids is 1. The second-order valence-corrected chi connectivity index (χ2v) is 4.82. The number of amides is 1. The Balaban J connectivity index is 2.14. The average molecular weight is 290 g/mol. The van der Waals surface area contributed by atoms with Gasteiger partial charge in [0, 0.05) is 24.5 Å². The summed E-state index contributed by atoms with van der Waals surface area (Å²) in [5, 5.41) is 9.00. The molecule has 2 heterocycles. The number of likely N-dealkylation sites (tertiary alicyclic amines) is 1. The second kappa shape index (κ2) is 4.53. The Labute approximate surface area is 112 Å². The molecule has 1 amide bonds. The highest BCUT2D eigenvalue weighted by Crippen LogP contribution is 2.30. The summed E-state index contributed by atoms with van der Waals surface area (Å²) in [5.41, 5.74) is 1.27. The molecule has 1 saturated heterocycles. The zero-order valence-corrected chi connectivity index (χ0v) is 10.9. The quantitative estimate of drug-likeness (QED) is 0.902. The third-order valence-electron chi connectivity index (χ3n) is 3.47. The predicted octanol–water partition coefficient (Wildman–Crippen LogP) is 1.75. The summed E-state index contributed by atoms with van der Waals surface area (Å²) < 4.78 is 38.4. The fourth-order valence-corrected chi connectivity index (χ4v) is 2.52. The van der Waals surface area contributed by atoms with Crippen molar-refractivity contribution in [2.24, 2.45) is 0 Å². The Morgan fingerprint density at radius 2 is 1.85 bits per heavy atom. The van der Waals surface area contributed by atoms with E-state index in [2.05, 4.69) is 0 Å². The first kappa shape index (κ1) is 14.4. The molecule has 5 nitrogen and oxygen atoms in total. The van der Waals surface area contributed by atoms with Gasteiger partial charge in [-0.2, -0.15) is 13.2 Å². The van der Waals surface area contributed by atoms with Crippen molar-refractivity contribution in [3.63, 3.8) is 0 Å². The SMILES string of the molecule is Cc1cc(C(=O)O)c(C)n1C1CN(C(=O)C(F)(F)F)C1. The number of carboxylic acids is 1. The topological polar surface area (TPSA) is 62.5 Å². The van der Waals surface area contributed by atoms with Crippen LogP contribution in [0.1, 0.15) is 27.8 Å². The first-order chi connectivity index (χ1) is 9.12. The van der Waals surface area contributed by atoms with Crippen LogP contribution in [0.4, 0.5) is 13.2 Å². The molecule has 0 spiro atoms. The lowest BCUT2D eigenvalue weighted by Crippen LogP contribution is -2.55. The van der Waals surface area contributed by atoms with Crippen molar-refractivity contribution in [3.8, 4) is 0 Å². The number of hydrogen-bond acceptors (Lipinski definition) is 2. The number of carbonyl (C=O) groups is 2. The van der Waals surface area contributed by atoms with E-state index in [1.54, 1.807) is 18.4 Å². The average Bonchev–Trinajstić information content (AvgIpc) is 2.53. The number of alkyl halides is 3. The maximum absolute atomic E-state index is 12.2. The molecule has 0 atom stereocenters. The maximum Gasteiger partial charge on any atom is 0.471 e. The molecule has 0 aromatic carbocycles. The van der Waals surface area contributed by atoms with Gasteiger partial charge in [-0.3, -0.25) is 4.79 Å². The molecule has 0 bridgehead atoms. The van der Waals surface area contributed by atoms with Gasteiger partial charge in [-0.25, -0.2) is 4.79 Å². The van der Waals surface area contributed by atoms with Crippen LogP contribution in [0, 0.1) is 13.8 Å². The highest BCUT2D eigenvalue weighted by Gasteiger charge is 2.47. The van der Waals surface area contributed by atoms with Gasteiger partial charge >= 0.3 is 18.1 Å². The Morgan fingerprint density at radius 1 is 1.30 bits per heavy atom. The Hall–Kier alpha value is -1.99. The lowest BCUT2D eigenvalue weighted by molar-refractivity contribution is -0.191. The van der Waals surface area contributed by atoms with Crippen molar-refractivity contribution in [3.05, 3.63) is 23.0 Å². The van der Waals surface area contributed by atoms with Gasteiger partial charge < -0.3 is 14.6 Å². The number of aromatic carboxylic acids is 1. The van der Waals surface area contributed by atoms with Gasteiger partial charge in [0.15, 0.2) is 0 Å². The van der Waals surface area contributed by atoms with Crippen LogP contribution in [0.2, 0.25) is 0 Å². The highest BCUT2D eigenvalue weighted by molar-refractivity contribution is 5.89. The third-order valence-corrected chi connectivity index (χ3v) is 3.47. The number of carboxylic acid groups (broad SMARTS) is 1. The number of rotatable bonds is 2. The molecule has 1 aromatic heterocycles. The number of aryl methyl sites for hydroxylation is 1. The van der Waals surface area contributed by atoms with Crippen LogP contribution in [-0.2, 0) is 4.79 Å². The van der Waals surface area contributed by atoms with E-state index in [0.717, 1.165) is 0 Å². The summed E-state index contributed by atoms with van der Waals surface area (Å²) in [7, 11) is 0. The minimum atomic E-state index is -4.86. The Kier molecular flexibility index (Phi) is 3.27. The molecule has 0 saturated carbocycles. The molecule has 0 radical (unpaired) electrons. The Bertz CT molecular complexity index is 571. The van der Waals surface area contributed by atoms with Gasteiger partial charge in [-0.15, -0.1) is 0 Å². The van der Waals surface area contributed by atoms with Crippen molar-refractivity contribution < 1.29 is 27.9 Å². The first-order valence-corrected chi connectivity index (χ1v) is 5.90. The largest absolute Gasteiger partial charge is 0.478 e. The molecular formula is C12H13F3N2O3. The van der Waals surface area contributed by atoms with E-state index in [0.29, 0.717) is 16.3 Å². The zero-order chi connectivity index (χ0) is 15.2. The van der Waals surface area contributed by atoms with Gasteiger partial charge in [0.05, 0.1) is 11.6 Å². The summed E-state index contributed by atoms with van der Waals surface area (Å²) in [6.45, 7) is 3.17. The molecule has 2 rings (SSSR count). The molecule has 1 aliphatic rings. The predicted molar refractivity (Wildman–Crippen MR) is 62.5 cm³/mol. The molecule has 1 fully saturated rings. The van der Waals surface area contributed by atoms with Crippen molar-refractivity contribution in [1.82, 2.24) is 9.47 Å². The van der Waals surface area contributed by atoms with E-state index in [-0.39, 0.29) is 24.7 Å². The van der Waals surface area contributed by atoms with Gasteiger partial charge in [0.2, 0.25) is 0 Å². The van der Waals surface area contributed by atoms with E-state index in [1.807, 2.05) is 0 Å². The maximum atomic E-state index is 12.2. The van der Waals surface area contributed by atoms with Crippen molar-refractivity contribution >= 4 is 11.9 Å². The third kappa shape index (κ3) is 2.25. The first-order valence-electron chi connectivity index (χ1n) is 5.90. The summed E-state index contributed by atoms with van der Waals surface area (Å²) >= 11 is 0. The fourth-order valence-electron chi connectivity index (χ4n) is 2.52. The van der Waals surface area contributed by atoms with E-state index >= 15 is 0 Å². The minimum absolute atomic E-state index is 0.0617. The Morgan fingerprint density at radius 3 is 2.25 bits per heavy atom. The van der Waals surface area contributed by atoms with Gasteiger partial charge in [-0.05, 0) is 19.9 Å². The number of aromatic nitrogens is 1. The molecule has 1 aliphatic heterocycles. The van der Waals surface area contributed by atoms with Crippen LogP contribution in [0.15, 0.2) is 6.07 Å². The number of hydrogen-bond donors (Lipinski definition) is 1. The van der Waals surface area contributed by atoms with Crippen LogP contribution in [0.3, 0.4) is 0 Å². The zero-order valence-electron chi connectivity index (χ0n) is 10.9. The van der Waals surface area contributed by atoms with E-state index in [1.165, 1.54) is 6.07 Å². The molecule has 8 heteroatoms. The monoisotopic (exact) mass is 290 g/mol. The van der Waals surface area contributed by atoms with Crippen LogP contribution in [0.25, 0.3) is 0 Å².